The van der Waals surface area contributed by atoms with Gasteiger partial charge in [-0.1, -0.05) is 65.9 Å². The van der Waals surface area contributed by atoms with Gasteiger partial charge < -0.3 is 14.6 Å². The third-order valence-corrected chi connectivity index (χ3v) is 7.38. The number of anilines is 1. The molecule has 2 aromatic heterocycles. The maximum absolute atomic E-state index is 12.9. The Labute approximate surface area is 212 Å². The van der Waals surface area contributed by atoms with E-state index in [2.05, 4.69) is 15.5 Å². The Kier molecular flexibility index (Phi) is 7.67. The van der Waals surface area contributed by atoms with E-state index in [9.17, 15) is 9.59 Å². The van der Waals surface area contributed by atoms with Gasteiger partial charge in [0.1, 0.15) is 10.6 Å². The van der Waals surface area contributed by atoms with Crippen molar-refractivity contribution >= 4 is 40.0 Å². The number of hydrogen-bond acceptors (Lipinski definition) is 7. The predicted molar refractivity (Wildman–Crippen MR) is 141 cm³/mol. The zero-order chi connectivity index (χ0) is 24.9. The van der Waals surface area contributed by atoms with Gasteiger partial charge in [0.05, 0.1) is 12.9 Å². The number of aryl methyl sites for hydroxylation is 2. The highest BCUT2D eigenvalue weighted by Crippen LogP contribution is 2.38. The van der Waals surface area contributed by atoms with E-state index in [0.717, 1.165) is 33.6 Å². The summed E-state index contributed by atoms with van der Waals surface area (Å²) in [5, 5.41) is 14.5. The Morgan fingerprint density at radius 1 is 1.09 bits per heavy atom. The number of thioether (sulfide) groups is 1. The number of nitrogens with one attached hydrogen (secondary N) is 1. The molecule has 1 N–H and O–H groups in total. The van der Waals surface area contributed by atoms with E-state index in [1.165, 1.54) is 30.2 Å². The number of esters is 1. The number of aromatic nitrogens is 3. The Hall–Kier alpha value is -3.43. The van der Waals surface area contributed by atoms with Crippen LogP contribution in [0, 0.1) is 13.8 Å². The predicted octanol–water partition coefficient (Wildman–Crippen LogP) is 5.83. The molecule has 0 spiro atoms. The number of methoxy groups -OCH3 is 1. The minimum Gasteiger partial charge on any atom is -0.465 e. The Bertz CT molecular complexity index is 1360. The summed E-state index contributed by atoms with van der Waals surface area (Å²) >= 11 is 2.62. The van der Waals surface area contributed by atoms with E-state index in [1.54, 1.807) is 0 Å². The number of ether oxygens (including phenoxy) is 1. The van der Waals surface area contributed by atoms with Crippen molar-refractivity contribution in [1.82, 2.24) is 14.8 Å². The van der Waals surface area contributed by atoms with Crippen LogP contribution in [0.4, 0.5) is 5.00 Å². The van der Waals surface area contributed by atoms with Gasteiger partial charge in [-0.15, -0.1) is 21.5 Å². The number of thiophene rings is 1. The molecular weight excluding hydrogens is 480 g/mol. The van der Waals surface area contributed by atoms with Crippen LogP contribution in [0.15, 0.2) is 59.1 Å². The topological polar surface area (TPSA) is 86.1 Å². The minimum absolute atomic E-state index is 0.129. The maximum Gasteiger partial charge on any atom is 0.341 e. The quantitative estimate of drug-likeness (QED) is 0.239. The fraction of sp³-hybridized carbons (Fsp3) is 0.231. The Morgan fingerprint density at radius 2 is 1.86 bits per heavy atom. The molecule has 180 valence electrons. The number of carbonyl (C=O) groups is 2. The minimum atomic E-state index is -0.483. The summed E-state index contributed by atoms with van der Waals surface area (Å²) in [6, 6.07) is 15.9. The third-order valence-electron chi connectivity index (χ3n) is 5.51. The van der Waals surface area contributed by atoms with Crippen LogP contribution in [0.5, 0.6) is 0 Å². The highest BCUT2D eigenvalue weighted by molar-refractivity contribution is 7.99. The van der Waals surface area contributed by atoms with Crippen LogP contribution in [0.1, 0.15) is 28.4 Å². The molecule has 0 saturated heterocycles. The summed E-state index contributed by atoms with van der Waals surface area (Å²) in [5.41, 5.74) is 5.17. The summed E-state index contributed by atoms with van der Waals surface area (Å²) in [4.78, 5) is 25.5. The van der Waals surface area contributed by atoms with Crippen LogP contribution >= 0.6 is 23.1 Å². The summed E-state index contributed by atoms with van der Waals surface area (Å²) in [5.74, 6) is 0.176. The molecule has 2 aromatic carbocycles. The van der Waals surface area contributed by atoms with Crippen molar-refractivity contribution < 1.29 is 14.3 Å². The van der Waals surface area contributed by atoms with Crippen molar-refractivity contribution in [2.75, 3.05) is 18.2 Å². The number of rotatable bonds is 8. The molecule has 0 unspecified atom stereocenters. The zero-order valence-electron chi connectivity index (χ0n) is 20.0. The number of nitrogens with zero attached hydrogens (tertiary/aromatic N) is 3. The lowest BCUT2D eigenvalue weighted by atomic mass is 9.97. The first-order valence-electron chi connectivity index (χ1n) is 11.1. The van der Waals surface area contributed by atoms with Gasteiger partial charge in [0, 0.05) is 23.1 Å². The van der Waals surface area contributed by atoms with Crippen molar-refractivity contribution in [3.8, 4) is 22.5 Å². The van der Waals surface area contributed by atoms with Gasteiger partial charge in [-0.05, 0) is 31.9 Å². The van der Waals surface area contributed by atoms with Gasteiger partial charge in [-0.3, -0.25) is 4.79 Å². The number of hydrogen-bond donors (Lipinski definition) is 1. The Morgan fingerprint density at radius 3 is 2.57 bits per heavy atom. The second kappa shape index (κ2) is 10.9. The van der Waals surface area contributed by atoms with Gasteiger partial charge in [0.25, 0.3) is 0 Å². The van der Waals surface area contributed by atoms with Crippen LogP contribution in [-0.2, 0) is 16.1 Å². The molecule has 35 heavy (non-hydrogen) atoms. The molecule has 4 rings (SSSR count). The molecule has 2 heterocycles. The molecule has 4 aromatic rings. The van der Waals surface area contributed by atoms with Gasteiger partial charge >= 0.3 is 5.97 Å². The normalized spacial score (nSPS) is 10.9. The van der Waals surface area contributed by atoms with E-state index in [-0.39, 0.29) is 11.7 Å². The Balaban J connectivity index is 1.53. The standard InChI is InChI=1S/C26H26N4O3S2/c1-5-30-23(18-9-7-6-8-10-18)28-29-26(30)35-15-21(31)27-24-22(25(32)33-4)20(14-34-24)19-13-16(2)11-12-17(19)3/h6-14H,5,15H2,1-4H3,(H,27,31). The first kappa shape index (κ1) is 24.7. The molecule has 0 aliphatic rings. The molecule has 0 saturated carbocycles. The largest absolute Gasteiger partial charge is 0.465 e. The van der Waals surface area contributed by atoms with Gasteiger partial charge in [-0.2, -0.15) is 0 Å². The summed E-state index contributed by atoms with van der Waals surface area (Å²) in [7, 11) is 1.34. The lowest BCUT2D eigenvalue weighted by Crippen LogP contribution is -2.16. The van der Waals surface area contributed by atoms with Crippen LogP contribution in [-0.4, -0.2) is 39.5 Å². The van der Waals surface area contributed by atoms with Gasteiger partial charge in [0.2, 0.25) is 5.91 Å². The maximum atomic E-state index is 12.9. The lowest BCUT2D eigenvalue weighted by molar-refractivity contribution is -0.113. The first-order chi connectivity index (χ1) is 16.9. The summed E-state index contributed by atoms with van der Waals surface area (Å²) in [6.07, 6.45) is 0. The fourth-order valence-electron chi connectivity index (χ4n) is 3.75. The summed E-state index contributed by atoms with van der Waals surface area (Å²) in [6.45, 7) is 6.70. The second-order valence-electron chi connectivity index (χ2n) is 7.92. The fourth-order valence-corrected chi connectivity index (χ4v) is 5.52. The van der Waals surface area contributed by atoms with Crippen molar-refractivity contribution in [3.05, 3.63) is 70.6 Å². The second-order valence-corrected chi connectivity index (χ2v) is 9.74. The molecule has 0 atom stereocenters. The highest BCUT2D eigenvalue weighted by atomic mass is 32.2. The van der Waals surface area contributed by atoms with Crippen LogP contribution in [0.2, 0.25) is 0 Å². The van der Waals surface area contributed by atoms with E-state index < -0.39 is 5.97 Å². The van der Waals surface area contributed by atoms with E-state index in [0.29, 0.717) is 22.3 Å². The first-order valence-corrected chi connectivity index (χ1v) is 13.0. The van der Waals surface area contributed by atoms with Crippen molar-refractivity contribution in [3.63, 3.8) is 0 Å². The molecule has 7 nitrogen and oxygen atoms in total. The molecule has 0 aliphatic carbocycles. The van der Waals surface area contributed by atoms with Crippen molar-refractivity contribution in [2.45, 2.75) is 32.5 Å². The smallest absolute Gasteiger partial charge is 0.341 e. The van der Waals surface area contributed by atoms with Crippen molar-refractivity contribution in [1.29, 1.82) is 0 Å². The highest BCUT2D eigenvalue weighted by Gasteiger charge is 2.23. The van der Waals surface area contributed by atoms with Crippen LogP contribution < -0.4 is 5.32 Å². The third kappa shape index (κ3) is 5.31. The van der Waals surface area contributed by atoms with Crippen LogP contribution in [0.25, 0.3) is 22.5 Å². The molecule has 1 amide bonds. The van der Waals surface area contributed by atoms with E-state index in [1.807, 2.05) is 79.2 Å². The average Bonchev–Trinajstić information content (AvgIpc) is 3.48. The summed E-state index contributed by atoms with van der Waals surface area (Å²) < 4.78 is 7.03. The van der Waals surface area contributed by atoms with Crippen LogP contribution in [0.3, 0.4) is 0 Å². The van der Waals surface area contributed by atoms with Crippen molar-refractivity contribution in [2.24, 2.45) is 0 Å². The SMILES string of the molecule is CCn1c(SCC(=O)Nc2scc(-c3cc(C)ccc3C)c2C(=O)OC)nnc1-c1ccccc1. The van der Waals surface area contributed by atoms with Gasteiger partial charge in [0.15, 0.2) is 11.0 Å². The number of benzene rings is 2. The lowest BCUT2D eigenvalue weighted by Gasteiger charge is -2.10. The van der Waals surface area contributed by atoms with Gasteiger partial charge in [-0.25, -0.2) is 4.79 Å². The molecule has 0 radical (unpaired) electrons. The molecule has 0 bridgehead atoms. The monoisotopic (exact) mass is 506 g/mol. The average molecular weight is 507 g/mol. The molecule has 0 aliphatic heterocycles. The van der Waals surface area contributed by atoms with E-state index >= 15 is 0 Å². The number of amides is 1. The number of carbonyl (C=O) groups excluding carboxylic acids is 2. The molecule has 0 fully saturated rings. The van der Waals surface area contributed by atoms with E-state index in [4.69, 9.17) is 4.74 Å². The molecular formula is C26H26N4O3S2. The zero-order valence-corrected chi connectivity index (χ0v) is 21.6. The molecule has 9 heteroatoms.